The molecule has 5 aromatic rings. The molecule has 10 heteroatoms. The minimum atomic E-state index is -0.191. The van der Waals surface area contributed by atoms with Crippen LogP contribution in [0, 0.1) is 6.92 Å². The lowest BCUT2D eigenvalue weighted by molar-refractivity contribution is -0.113. The van der Waals surface area contributed by atoms with Crippen LogP contribution in [0.25, 0.3) is 31.9 Å². The van der Waals surface area contributed by atoms with Gasteiger partial charge in [0.25, 0.3) is 0 Å². The summed E-state index contributed by atoms with van der Waals surface area (Å²) in [5, 5.41) is 7.98. The molecule has 0 saturated carbocycles. The van der Waals surface area contributed by atoms with Gasteiger partial charge in [0.1, 0.15) is 21.2 Å². The first-order valence-corrected chi connectivity index (χ1v) is 12.9. The van der Waals surface area contributed by atoms with Gasteiger partial charge in [-0.15, -0.1) is 11.3 Å². The van der Waals surface area contributed by atoms with E-state index in [-0.39, 0.29) is 11.7 Å². The Bertz CT molecular complexity index is 1430. The Morgan fingerprint density at radius 1 is 1.06 bits per heavy atom. The van der Waals surface area contributed by atoms with Gasteiger partial charge in [-0.3, -0.25) is 10.1 Å². The van der Waals surface area contributed by atoms with Crippen molar-refractivity contribution in [3.63, 3.8) is 0 Å². The Labute approximate surface area is 207 Å². The maximum Gasteiger partial charge on any atom is 0.241 e. The summed E-state index contributed by atoms with van der Waals surface area (Å²) < 4.78 is 4.27. The number of benzene rings is 2. The molecule has 33 heavy (non-hydrogen) atoms. The minimum absolute atomic E-state index is 0.182. The van der Waals surface area contributed by atoms with Crippen LogP contribution in [0.4, 0.5) is 5.95 Å². The van der Waals surface area contributed by atoms with E-state index in [9.17, 15) is 4.79 Å². The topological polar surface area (TPSA) is 80.7 Å². The summed E-state index contributed by atoms with van der Waals surface area (Å²) in [5.74, 6) is 0.302. The molecule has 3 aromatic heterocycles. The number of amides is 1. The lowest BCUT2D eigenvalue weighted by Crippen LogP contribution is -2.15. The van der Waals surface area contributed by atoms with Crippen molar-refractivity contribution in [3.8, 4) is 21.7 Å². The van der Waals surface area contributed by atoms with Gasteiger partial charge in [-0.1, -0.05) is 65.3 Å². The molecule has 0 saturated heterocycles. The van der Waals surface area contributed by atoms with Gasteiger partial charge in [-0.25, -0.2) is 9.97 Å². The molecule has 164 valence electrons. The number of fused-ring (bicyclic) bond motifs is 1. The molecule has 5 rings (SSSR count). The fourth-order valence-corrected chi connectivity index (χ4v) is 5.73. The van der Waals surface area contributed by atoms with Crippen molar-refractivity contribution in [2.45, 2.75) is 11.9 Å². The number of hydrogen-bond acceptors (Lipinski definition) is 8. The number of rotatable bonds is 6. The van der Waals surface area contributed by atoms with Crippen LogP contribution in [-0.2, 0) is 4.79 Å². The number of thiophene rings is 1. The van der Waals surface area contributed by atoms with Crippen molar-refractivity contribution in [3.05, 3.63) is 70.8 Å². The number of hydrogen-bond donors (Lipinski definition) is 1. The van der Waals surface area contributed by atoms with E-state index in [4.69, 9.17) is 11.6 Å². The summed E-state index contributed by atoms with van der Waals surface area (Å²) in [5.41, 5.74) is 4.21. The SMILES string of the molecule is Cc1ccc(-c2nc(NC(=O)CSc3ncnc4scc(-c5ccc(Cl)cc5)c34)ns2)cc1. The summed E-state index contributed by atoms with van der Waals surface area (Å²) in [7, 11) is 0. The zero-order valence-electron chi connectivity index (χ0n) is 17.3. The number of carbonyl (C=O) groups excluding carboxylic acids is 1. The largest absolute Gasteiger partial charge is 0.293 e. The summed E-state index contributed by atoms with van der Waals surface area (Å²) >= 11 is 10.2. The third-order valence-corrected chi connectivity index (χ3v) is 7.70. The molecule has 0 bridgehead atoms. The van der Waals surface area contributed by atoms with E-state index in [0.717, 1.165) is 36.9 Å². The number of aryl methyl sites for hydroxylation is 1. The molecule has 2 aromatic carbocycles. The number of anilines is 1. The standard InChI is InChI=1S/C23H16ClN5OS3/c1-13-2-4-15(5-3-13)20-28-23(29-33-20)27-18(30)11-32-22-19-17(10-31-21(19)25-12-26-22)14-6-8-16(24)9-7-14/h2-10,12H,11H2,1H3,(H,27,29,30). The van der Waals surface area contributed by atoms with Crippen molar-refractivity contribution in [2.24, 2.45) is 0 Å². The average molecular weight is 510 g/mol. The van der Waals surface area contributed by atoms with E-state index in [1.54, 1.807) is 11.3 Å². The lowest BCUT2D eigenvalue weighted by Gasteiger charge is -2.05. The molecule has 0 spiro atoms. The molecule has 0 unspecified atom stereocenters. The van der Waals surface area contributed by atoms with Crippen molar-refractivity contribution in [1.29, 1.82) is 0 Å². The molecule has 0 aliphatic rings. The predicted molar refractivity (Wildman–Crippen MR) is 137 cm³/mol. The first kappa shape index (κ1) is 22.0. The predicted octanol–water partition coefficient (Wildman–Crippen LogP) is 6.57. The highest BCUT2D eigenvalue weighted by Gasteiger charge is 2.16. The van der Waals surface area contributed by atoms with Crippen molar-refractivity contribution in [1.82, 2.24) is 19.3 Å². The van der Waals surface area contributed by atoms with Crippen molar-refractivity contribution in [2.75, 3.05) is 11.1 Å². The monoisotopic (exact) mass is 509 g/mol. The summed E-state index contributed by atoms with van der Waals surface area (Å²) in [6, 6.07) is 15.7. The molecule has 6 nitrogen and oxygen atoms in total. The molecule has 0 fully saturated rings. The van der Waals surface area contributed by atoms with E-state index < -0.39 is 0 Å². The van der Waals surface area contributed by atoms with E-state index in [2.05, 4.69) is 30.0 Å². The van der Waals surface area contributed by atoms with E-state index in [0.29, 0.717) is 11.0 Å². The fraction of sp³-hybridized carbons (Fsp3) is 0.0870. The molecule has 0 aliphatic heterocycles. The number of carbonyl (C=O) groups is 1. The van der Waals surface area contributed by atoms with Crippen LogP contribution < -0.4 is 5.32 Å². The number of aromatic nitrogens is 4. The maximum atomic E-state index is 12.6. The van der Waals surface area contributed by atoms with Crippen LogP contribution in [0.1, 0.15) is 5.56 Å². The van der Waals surface area contributed by atoms with Crippen molar-refractivity contribution >= 4 is 68.3 Å². The van der Waals surface area contributed by atoms with Crippen LogP contribution in [0.3, 0.4) is 0 Å². The third kappa shape index (κ3) is 4.91. The normalized spacial score (nSPS) is 11.1. The number of thioether (sulfide) groups is 1. The first-order chi connectivity index (χ1) is 16.1. The second-order valence-corrected chi connectivity index (χ2v) is 10.2. The summed E-state index contributed by atoms with van der Waals surface area (Å²) in [4.78, 5) is 26.7. The molecule has 0 aliphatic carbocycles. The molecular formula is C23H16ClN5OS3. The van der Waals surface area contributed by atoms with Crippen LogP contribution in [0.15, 0.2) is 65.3 Å². The van der Waals surface area contributed by atoms with Gasteiger partial charge in [-0.05, 0) is 36.2 Å². The fourth-order valence-electron chi connectivity index (χ4n) is 3.18. The quantitative estimate of drug-likeness (QED) is 0.206. The zero-order chi connectivity index (χ0) is 22.8. The molecular weight excluding hydrogens is 494 g/mol. The Balaban J connectivity index is 1.30. The second kappa shape index (κ2) is 9.56. The minimum Gasteiger partial charge on any atom is -0.293 e. The van der Waals surface area contributed by atoms with Gasteiger partial charge in [0.05, 0.1) is 11.1 Å². The van der Waals surface area contributed by atoms with Crippen LogP contribution in [0.5, 0.6) is 0 Å². The van der Waals surface area contributed by atoms with Gasteiger partial charge >= 0.3 is 0 Å². The highest BCUT2D eigenvalue weighted by atomic mass is 35.5. The smallest absolute Gasteiger partial charge is 0.241 e. The van der Waals surface area contributed by atoms with E-state index >= 15 is 0 Å². The number of nitrogens with zero attached hydrogens (tertiary/aromatic N) is 4. The van der Waals surface area contributed by atoms with Crippen LogP contribution in [-0.4, -0.2) is 31.0 Å². The molecule has 0 radical (unpaired) electrons. The summed E-state index contributed by atoms with van der Waals surface area (Å²) in [6.45, 7) is 2.03. The molecule has 0 atom stereocenters. The second-order valence-electron chi connectivity index (χ2n) is 7.14. The van der Waals surface area contributed by atoms with Gasteiger partial charge in [0, 0.05) is 21.5 Å². The highest BCUT2D eigenvalue weighted by molar-refractivity contribution is 8.00. The van der Waals surface area contributed by atoms with Gasteiger partial charge in [0.15, 0.2) is 0 Å². The number of nitrogens with one attached hydrogen (secondary N) is 1. The Morgan fingerprint density at radius 3 is 2.61 bits per heavy atom. The lowest BCUT2D eigenvalue weighted by atomic mass is 10.1. The Morgan fingerprint density at radius 2 is 1.82 bits per heavy atom. The van der Waals surface area contributed by atoms with Crippen molar-refractivity contribution < 1.29 is 4.79 Å². The number of halogens is 1. The zero-order valence-corrected chi connectivity index (χ0v) is 20.5. The van der Waals surface area contributed by atoms with Gasteiger partial charge < -0.3 is 0 Å². The van der Waals surface area contributed by atoms with Gasteiger partial charge in [0.2, 0.25) is 11.9 Å². The maximum absolute atomic E-state index is 12.6. The molecule has 1 N–H and O–H groups in total. The molecule has 1 amide bonds. The highest BCUT2D eigenvalue weighted by Crippen LogP contribution is 2.38. The van der Waals surface area contributed by atoms with E-state index in [1.165, 1.54) is 35.2 Å². The first-order valence-electron chi connectivity index (χ1n) is 9.88. The Hall–Kier alpha value is -2.85. The van der Waals surface area contributed by atoms with Gasteiger partial charge in [-0.2, -0.15) is 9.36 Å². The van der Waals surface area contributed by atoms with Crippen LogP contribution in [0.2, 0.25) is 5.02 Å². The molecule has 3 heterocycles. The third-order valence-electron chi connectivity index (χ3n) is 4.81. The average Bonchev–Trinajstić information content (AvgIpc) is 3.46. The van der Waals surface area contributed by atoms with E-state index in [1.807, 2.05) is 55.5 Å². The summed E-state index contributed by atoms with van der Waals surface area (Å²) in [6.07, 6.45) is 1.53. The van der Waals surface area contributed by atoms with Crippen LogP contribution >= 0.6 is 46.2 Å². The Kier molecular flexibility index (Phi) is 6.37.